The van der Waals surface area contributed by atoms with Crippen LogP contribution >= 0.6 is 0 Å². The Balaban J connectivity index is 2.00. The fraction of sp³-hybridized carbons (Fsp3) is 0.241. The number of nitrogens with zero attached hydrogens (tertiary/aromatic N) is 1. The molecule has 0 aromatic heterocycles. The first-order chi connectivity index (χ1) is 17.5. The molecule has 0 bridgehead atoms. The molecule has 3 aromatic carbocycles. The van der Waals surface area contributed by atoms with Crippen molar-refractivity contribution in [1.82, 2.24) is 10.2 Å². The SMILES string of the molecule is C=CCNC(=O)[C@H](c1ccccc1)N(Cc1ccc(OC)cc1)C(=O)Cc1ccc(OC)c(OC)c1. The third kappa shape index (κ3) is 6.66. The van der Waals surface area contributed by atoms with Crippen LogP contribution in [0.4, 0.5) is 0 Å². The van der Waals surface area contributed by atoms with Gasteiger partial charge in [0.15, 0.2) is 11.5 Å². The highest BCUT2D eigenvalue weighted by Crippen LogP contribution is 2.29. The second kappa shape index (κ2) is 13.0. The van der Waals surface area contributed by atoms with Crippen molar-refractivity contribution >= 4 is 11.8 Å². The maximum Gasteiger partial charge on any atom is 0.247 e. The number of nitrogens with one attached hydrogen (secondary N) is 1. The molecule has 1 atom stereocenters. The smallest absolute Gasteiger partial charge is 0.247 e. The number of rotatable bonds is 12. The standard InChI is InChI=1S/C29H32N2O5/c1-5-17-30-29(33)28(23-9-7-6-8-10-23)31(20-21-11-14-24(34-2)15-12-21)27(32)19-22-13-16-25(35-3)26(18-22)36-4/h5-16,18,28H,1,17,19-20H2,2-4H3,(H,30,33)/t28-/m0/s1. The summed E-state index contributed by atoms with van der Waals surface area (Å²) >= 11 is 0. The number of carbonyl (C=O) groups excluding carboxylic acids is 2. The van der Waals surface area contributed by atoms with Crippen LogP contribution in [-0.2, 0) is 22.6 Å². The van der Waals surface area contributed by atoms with Gasteiger partial charge in [-0.3, -0.25) is 9.59 Å². The average Bonchev–Trinajstić information content (AvgIpc) is 2.92. The third-order valence-corrected chi connectivity index (χ3v) is 5.73. The average molecular weight is 489 g/mol. The van der Waals surface area contributed by atoms with Crippen molar-refractivity contribution in [1.29, 1.82) is 0 Å². The molecule has 0 spiro atoms. The van der Waals surface area contributed by atoms with Gasteiger partial charge in [0.25, 0.3) is 0 Å². The van der Waals surface area contributed by atoms with Crippen molar-refractivity contribution in [3.63, 3.8) is 0 Å². The molecule has 0 saturated heterocycles. The Kier molecular flexibility index (Phi) is 9.51. The number of hydrogen-bond acceptors (Lipinski definition) is 5. The van der Waals surface area contributed by atoms with E-state index in [1.54, 1.807) is 44.4 Å². The summed E-state index contributed by atoms with van der Waals surface area (Å²) in [7, 11) is 4.71. The minimum atomic E-state index is -0.833. The van der Waals surface area contributed by atoms with Gasteiger partial charge in [-0.15, -0.1) is 6.58 Å². The zero-order chi connectivity index (χ0) is 25.9. The third-order valence-electron chi connectivity index (χ3n) is 5.73. The molecule has 0 radical (unpaired) electrons. The molecule has 2 amide bonds. The van der Waals surface area contributed by atoms with Crippen LogP contribution in [0, 0.1) is 0 Å². The molecular weight excluding hydrogens is 456 g/mol. The highest BCUT2D eigenvalue weighted by atomic mass is 16.5. The number of methoxy groups -OCH3 is 3. The van der Waals surface area contributed by atoms with Gasteiger partial charge in [0.1, 0.15) is 11.8 Å². The van der Waals surface area contributed by atoms with Gasteiger partial charge in [-0.25, -0.2) is 0 Å². The molecule has 7 heteroatoms. The molecule has 0 aliphatic carbocycles. The van der Waals surface area contributed by atoms with E-state index in [1.807, 2.05) is 60.7 Å². The number of carbonyl (C=O) groups is 2. The Labute approximate surface area is 212 Å². The second-order valence-corrected chi connectivity index (χ2v) is 8.08. The van der Waals surface area contributed by atoms with Crippen molar-refractivity contribution in [2.75, 3.05) is 27.9 Å². The molecule has 1 N–H and O–H groups in total. The van der Waals surface area contributed by atoms with Gasteiger partial charge < -0.3 is 24.4 Å². The Hall–Kier alpha value is -4.26. The summed E-state index contributed by atoms with van der Waals surface area (Å²) in [6.45, 7) is 4.21. The molecule has 0 aliphatic heterocycles. The predicted molar refractivity (Wildman–Crippen MR) is 139 cm³/mol. The monoisotopic (exact) mass is 488 g/mol. The van der Waals surface area contributed by atoms with Gasteiger partial charge >= 0.3 is 0 Å². The lowest BCUT2D eigenvalue weighted by Crippen LogP contribution is -2.44. The summed E-state index contributed by atoms with van der Waals surface area (Å²) in [6, 6.07) is 21.3. The van der Waals surface area contributed by atoms with Gasteiger partial charge in [0.05, 0.1) is 27.8 Å². The van der Waals surface area contributed by atoms with E-state index in [0.29, 0.717) is 29.4 Å². The minimum absolute atomic E-state index is 0.0780. The van der Waals surface area contributed by atoms with E-state index >= 15 is 0 Å². The summed E-state index contributed by atoms with van der Waals surface area (Å²) in [4.78, 5) is 28.8. The summed E-state index contributed by atoms with van der Waals surface area (Å²) < 4.78 is 16.0. The summed E-state index contributed by atoms with van der Waals surface area (Å²) in [5, 5.41) is 2.86. The molecular formula is C29H32N2O5. The van der Waals surface area contributed by atoms with Crippen molar-refractivity contribution in [2.24, 2.45) is 0 Å². The maximum atomic E-state index is 13.8. The lowest BCUT2D eigenvalue weighted by molar-refractivity contribution is -0.141. The van der Waals surface area contributed by atoms with Crippen molar-refractivity contribution < 1.29 is 23.8 Å². The van der Waals surface area contributed by atoms with Gasteiger partial charge in [0.2, 0.25) is 11.8 Å². The lowest BCUT2D eigenvalue weighted by atomic mass is 10.0. The largest absolute Gasteiger partial charge is 0.497 e. The van der Waals surface area contributed by atoms with Crippen LogP contribution in [0.25, 0.3) is 0 Å². The number of hydrogen-bond donors (Lipinski definition) is 1. The first kappa shape index (κ1) is 26.3. The van der Waals surface area contributed by atoms with Gasteiger partial charge in [-0.2, -0.15) is 0 Å². The van der Waals surface area contributed by atoms with E-state index in [1.165, 1.54) is 0 Å². The molecule has 36 heavy (non-hydrogen) atoms. The van der Waals surface area contributed by atoms with Crippen LogP contribution < -0.4 is 19.5 Å². The normalized spacial score (nSPS) is 11.2. The van der Waals surface area contributed by atoms with E-state index in [-0.39, 0.29) is 24.8 Å². The highest BCUT2D eigenvalue weighted by Gasteiger charge is 2.31. The molecule has 7 nitrogen and oxygen atoms in total. The Morgan fingerprint density at radius 1 is 0.889 bits per heavy atom. The topological polar surface area (TPSA) is 77.1 Å². The maximum absolute atomic E-state index is 13.8. The zero-order valence-electron chi connectivity index (χ0n) is 20.9. The summed E-state index contributed by atoms with van der Waals surface area (Å²) in [5.41, 5.74) is 2.33. The Morgan fingerprint density at radius 2 is 1.56 bits per heavy atom. The lowest BCUT2D eigenvalue weighted by Gasteiger charge is -2.32. The van der Waals surface area contributed by atoms with Gasteiger partial charge in [-0.1, -0.05) is 54.6 Å². The van der Waals surface area contributed by atoms with Crippen LogP contribution in [-0.4, -0.2) is 44.6 Å². The second-order valence-electron chi connectivity index (χ2n) is 8.08. The first-order valence-corrected chi connectivity index (χ1v) is 11.6. The molecule has 0 unspecified atom stereocenters. The summed E-state index contributed by atoms with van der Waals surface area (Å²) in [6.07, 6.45) is 1.69. The van der Waals surface area contributed by atoms with E-state index in [9.17, 15) is 9.59 Å². The van der Waals surface area contributed by atoms with E-state index in [2.05, 4.69) is 11.9 Å². The number of benzene rings is 3. The highest BCUT2D eigenvalue weighted by molar-refractivity contribution is 5.89. The summed E-state index contributed by atoms with van der Waals surface area (Å²) in [5.74, 6) is 1.34. The fourth-order valence-corrected chi connectivity index (χ4v) is 3.90. The molecule has 0 fully saturated rings. The van der Waals surface area contributed by atoms with Crippen LogP contribution in [0.2, 0.25) is 0 Å². The van der Waals surface area contributed by atoms with Gasteiger partial charge in [0, 0.05) is 13.1 Å². The molecule has 3 rings (SSSR count). The van der Waals surface area contributed by atoms with Crippen molar-refractivity contribution in [3.05, 3.63) is 102 Å². The van der Waals surface area contributed by atoms with Crippen LogP contribution in [0.1, 0.15) is 22.7 Å². The van der Waals surface area contributed by atoms with E-state index in [0.717, 1.165) is 11.1 Å². The zero-order valence-corrected chi connectivity index (χ0v) is 20.9. The van der Waals surface area contributed by atoms with Crippen LogP contribution in [0.15, 0.2) is 85.5 Å². The van der Waals surface area contributed by atoms with Crippen LogP contribution in [0.5, 0.6) is 17.2 Å². The van der Waals surface area contributed by atoms with Crippen molar-refractivity contribution in [3.8, 4) is 17.2 Å². The number of amides is 2. The van der Waals surface area contributed by atoms with Crippen molar-refractivity contribution in [2.45, 2.75) is 19.0 Å². The molecule has 0 saturated carbocycles. The molecule has 0 heterocycles. The minimum Gasteiger partial charge on any atom is -0.497 e. The Bertz CT molecular complexity index is 1160. The number of ether oxygens (including phenoxy) is 3. The van der Waals surface area contributed by atoms with Crippen LogP contribution in [0.3, 0.4) is 0 Å². The molecule has 3 aromatic rings. The van der Waals surface area contributed by atoms with E-state index in [4.69, 9.17) is 14.2 Å². The first-order valence-electron chi connectivity index (χ1n) is 11.6. The predicted octanol–water partition coefficient (Wildman–Crippen LogP) is 4.33. The molecule has 0 aliphatic rings. The molecule has 188 valence electrons. The quantitative estimate of drug-likeness (QED) is 0.384. The Morgan fingerprint density at radius 3 is 2.17 bits per heavy atom. The fourth-order valence-electron chi connectivity index (χ4n) is 3.90. The van der Waals surface area contributed by atoms with E-state index < -0.39 is 6.04 Å². The van der Waals surface area contributed by atoms with Gasteiger partial charge in [-0.05, 0) is 41.0 Å².